The molecule has 6 heteroatoms. The van der Waals surface area contributed by atoms with Crippen LogP contribution in [0, 0.1) is 5.41 Å². The van der Waals surface area contributed by atoms with Crippen molar-refractivity contribution in [2.24, 2.45) is 5.73 Å². The number of aromatic nitrogens is 1. The van der Waals surface area contributed by atoms with Crippen molar-refractivity contribution in [2.45, 2.75) is 25.4 Å². The third kappa shape index (κ3) is 3.16. The van der Waals surface area contributed by atoms with E-state index in [-0.39, 0.29) is 5.84 Å². The Morgan fingerprint density at radius 2 is 2.19 bits per heavy atom. The second kappa shape index (κ2) is 5.73. The predicted molar refractivity (Wildman–Crippen MR) is 82.4 cm³/mol. The van der Waals surface area contributed by atoms with Crippen molar-refractivity contribution in [3.8, 4) is 11.5 Å². The predicted octanol–water partition coefficient (Wildman–Crippen LogP) is 2.89. The maximum absolute atomic E-state index is 7.65. The molecule has 1 aliphatic carbocycles. The fourth-order valence-corrected chi connectivity index (χ4v) is 3.03. The summed E-state index contributed by atoms with van der Waals surface area (Å²) >= 11 is 1.45. The molecular formula is C15H17N3O2S. The van der Waals surface area contributed by atoms with Crippen LogP contribution < -0.4 is 15.2 Å². The molecule has 0 radical (unpaired) electrons. The number of hydrogen-bond acceptors (Lipinski definition) is 5. The first kappa shape index (κ1) is 13.9. The minimum atomic E-state index is 0.0991. The van der Waals surface area contributed by atoms with Crippen molar-refractivity contribution in [3.05, 3.63) is 39.8 Å². The van der Waals surface area contributed by atoms with E-state index in [0.717, 1.165) is 39.9 Å². The van der Waals surface area contributed by atoms with Crippen LogP contribution in [0.25, 0.3) is 0 Å². The molecule has 3 rings (SSSR count). The molecule has 0 spiro atoms. The van der Waals surface area contributed by atoms with Gasteiger partial charge in [0.1, 0.15) is 28.9 Å². The second-order valence-corrected chi connectivity index (χ2v) is 6.06. The molecule has 3 N–H and O–H groups in total. The van der Waals surface area contributed by atoms with E-state index in [2.05, 4.69) is 4.98 Å². The lowest BCUT2D eigenvalue weighted by atomic mass is 10.2. The molecule has 1 aliphatic rings. The number of benzene rings is 1. The molecule has 0 unspecified atom stereocenters. The van der Waals surface area contributed by atoms with Crippen molar-refractivity contribution in [1.82, 2.24) is 4.98 Å². The Hall–Kier alpha value is -2.08. The summed E-state index contributed by atoms with van der Waals surface area (Å²) in [5, 5.41) is 8.50. The standard InChI is InChI=1S/C15H17N3O2S/c1-19-10-3-2-4-11(7-10)20-8-12-18-13(9-5-6-9)14(21-12)15(16)17/h2-4,7,9H,5-6,8H2,1H3,(H3,16,17). The van der Waals surface area contributed by atoms with Crippen molar-refractivity contribution in [2.75, 3.05) is 7.11 Å². The maximum Gasteiger partial charge on any atom is 0.140 e. The van der Waals surface area contributed by atoms with Gasteiger partial charge in [-0.3, -0.25) is 5.41 Å². The van der Waals surface area contributed by atoms with Crippen molar-refractivity contribution < 1.29 is 9.47 Å². The molecule has 1 fully saturated rings. The van der Waals surface area contributed by atoms with Gasteiger partial charge in [0.25, 0.3) is 0 Å². The molecule has 0 aliphatic heterocycles. The summed E-state index contributed by atoms with van der Waals surface area (Å²) in [6.07, 6.45) is 2.28. The lowest BCUT2D eigenvalue weighted by Gasteiger charge is -2.05. The number of nitrogens with zero attached hydrogens (tertiary/aromatic N) is 1. The van der Waals surface area contributed by atoms with Gasteiger partial charge < -0.3 is 15.2 Å². The zero-order valence-electron chi connectivity index (χ0n) is 11.8. The Labute approximate surface area is 127 Å². The first-order valence-electron chi connectivity index (χ1n) is 6.78. The number of ether oxygens (including phenoxy) is 2. The van der Waals surface area contributed by atoms with Crippen LogP contribution in [-0.4, -0.2) is 17.9 Å². The SMILES string of the molecule is COc1cccc(OCc2nc(C3CC3)c(C(=N)N)s2)c1. The van der Waals surface area contributed by atoms with Crippen LogP contribution >= 0.6 is 11.3 Å². The second-order valence-electron chi connectivity index (χ2n) is 4.98. The van der Waals surface area contributed by atoms with Gasteiger partial charge in [0.15, 0.2) is 0 Å². The molecule has 0 bridgehead atoms. The summed E-state index contributed by atoms with van der Waals surface area (Å²) in [6.45, 7) is 0.380. The third-order valence-corrected chi connectivity index (χ3v) is 4.39. The molecule has 0 atom stereocenters. The summed E-state index contributed by atoms with van der Waals surface area (Å²) < 4.78 is 10.9. The first-order valence-corrected chi connectivity index (χ1v) is 7.60. The van der Waals surface area contributed by atoms with Gasteiger partial charge >= 0.3 is 0 Å². The van der Waals surface area contributed by atoms with Crippen LogP contribution in [0.15, 0.2) is 24.3 Å². The smallest absolute Gasteiger partial charge is 0.140 e. The molecule has 0 saturated heterocycles. The van der Waals surface area contributed by atoms with E-state index in [0.29, 0.717) is 12.5 Å². The van der Waals surface area contributed by atoms with E-state index >= 15 is 0 Å². The van der Waals surface area contributed by atoms with E-state index in [1.807, 2.05) is 24.3 Å². The third-order valence-electron chi connectivity index (χ3n) is 3.31. The van der Waals surface area contributed by atoms with Crippen LogP contribution in [0.5, 0.6) is 11.5 Å². The molecule has 1 heterocycles. The van der Waals surface area contributed by atoms with E-state index in [1.165, 1.54) is 11.3 Å². The summed E-state index contributed by atoms with van der Waals surface area (Å²) in [6, 6.07) is 7.47. The van der Waals surface area contributed by atoms with Crippen LogP contribution in [0.1, 0.15) is 34.3 Å². The molecule has 110 valence electrons. The van der Waals surface area contributed by atoms with Crippen molar-refractivity contribution in [1.29, 1.82) is 5.41 Å². The highest BCUT2D eigenvalue weighted by atomic mass is 32.1. The summed E-state index contributed by atoms with van der Waals surface area (Å²) in [4.78, 5) is 5.39. The first-order chi connectivity index (χ1) is 10.2. The summed E-state index contributed by atoms with van der Waals surface area (Å²) in [7, 11) is 1.63. The van der Waals surface area contributed by atoms with Gasteiger partial charge in [-0.05, 0) is 25.0 Å². The van der Waals surface area contributed by atoms with Crippen LogP contribution in [0.2, 0.25) is 0 Å². The quantitative estimate of drug-likeness (QED) is 0.635. The highest BCUT2D eigenvalue weighted by molar-refractivity contribution is 7.13. The highest BCUT2D eigenvalue weighted by Gasteiger charge is 2.30. The number of nitrogens with two attached hydrogens (primary N) is 1. The molecule has 5 nitrogen and oxygen atoms in total. The zero-order valence-corrected chi connectivity index (χ0v) is 12.6. The molecule has 1 saturated carbocycles. The van der Waals surface area contributed by atoms with Gasteiger partial charge in [0, 0.05) is 12.0 Å². The van der Waals surface area contributed by atoms with E-state index in [1.54, 1.807) is 7.11 Å². The van der Waals surface area contributed by atoms with Gasteiger partial charge in [-0.25, -0.2) is 4.98 Å². The number of methoxy groups -OCH3 is 1. The molecule has 0 amide bonds. The Kier molecular flexibility index (Phi) is 3.79. The molecule has 1 aromatic carbocycles. The number of rotatable bonds is 6. The van der Waals surface area contributed by atoms with Gasteiger partial charge in [0.05, 0.1) is 17.7 Å². The average Bonchev–Trinajstić information content (AvgIpc) is 3.25. The number of nitrogens with one attached hydrogen (secondary N) is 1. The van der Waals surface area contributed by atoms with E-state index in [9.17, 15) is 0 Å². The van der Waals surface area contributed by atoms with Gasteiger partial charge in [0.2, 0.25) is 0 Å². The molecular weight excluding hydrogens is 286 g/mol. The topological polar surface area (TPSA) is 81.2 Å². The molecule has 1 aromatic heterocycles. The highest BCUT2D eigenvalue weighted by Crippen LogP contribution is 2.42. The van der Waals surface area contributed by atoms with Crippen molar-refractivity contribution in [3.63, 3.8) is 0 Å². The maximum atomic E-state index is 7.65. The minimum absolute atomic E-state index is 0.0991. The van der Waals surface area contributed by atoms with Crippen molar-refractivity contribution >= 4 is 17.2 Å². The van der Waals surface area contributed by atoms with Gasteiger partial charge in [-0.2, -0.15) is 0 Å². The average molecular weight is 303 g/mol. The van der Waals surface area contributed by atoms with Crippen LogP contribution in [0.4, 0.5) is 0 Å². The lowest BCUT2D eigenvalue weighted by Crippen LogP contribution is -2.11. The van der Waals surface area contributed by atoms with Crippen LogP contribution in [-0.2, 0) is 6.61 Å². The Morgan fingerprint density at radius 1 is 1.43 bits per heavy atom. The normalized spacial score (nSPS) is 14.0. The number of hydrogen-bond donors (Lipinski definition) is 2. The zero-order chi connectivity index (χ0) is 14.8. The van der Waals surface area contributed by atoms with E-state index < -0.39 is 0 Å². The fourth-order valence-electron chi connectivity index (χ4n) is 2.10. The molecule has 2 aromatic rings. The Bertz CT molecular complexity index is 665. The lowest BCUT2D eigenvalue weighted by molar-refractivity contribution is 0.303. The summed E-state index contributed by atoms with van der Waals surface area (Å²) in [5.41, 5.74) is 6.60. The fraction of sp³-hybridized carbons (Fsp3) is 0.333. The number of thiazole rings is 1. The number of amidine groups is 1. The Morgan fingerprint density at radius 3 is 2.86 bits per heavy atom. The number of nitrogen functional groups attached to an aromatic ring is 1. The minimum Gasteiger partial charge on any atom is -0.497 e. The monoisotopic (exact) mass is 303 g/mol. The Balaban J connectivity index is 1.72. The van der Waals surface area contributed by atoms with Gasteiger partial charge in [-0.1, -0.05) is 6.07 Å². The van der Waals surface area contributed by atoms with E-state index in [4.69, 9.17) is 20.6 Å². The van der Waals surface area contributed by atoms with Crippen LogP contribution in [0.3, 0.4) is 0 Å². The molecule has 21 heavy (non-hydrogen) atoms. The summed E-state index contributed by atoms with van der Waals surface area (Å²) in [5.74, 6) is 2.07. The van der Waals surface area contributed by atoms with Gasteiger partial charge in [-0.15, -0.1) is 11.3 Å². The largest absolute Gasteiger partial charge is 0.497 e.